The number of phenols is 1. The summed E-state index contributed by atoms with van der Waals surface area (Å²) >= 11 is 2.57. The molecule has 4 aromatic heterocycles. The van der Waals surface area contributed by atoms with E-state index in [2.05, 4.69) is 67.5 Å². The van der Waals surface area contributed by atoms with Gasteiger partial charge in [-0.3, -0.25) is 76.9 Å². The molecule has 10 rings (SSSR count). The molecule has 1 aliphatic carbocycles. The van der Waals surface area contributed by atoms with Crippen molar-refractivity contribution >= 4 is 140 Å². The number of carbonyl (C=O) groups excluding carboxylic acids is 14. The number of aliphatic hydroxyl groups excluding tert-OH is 2. The second-order valence-electron chi connectivity index (χ2n) is 35.4. The molecule has 0 unspecified atom stereocenters. The van der Waals surface area contributed by atoms with Crippen LogP contribution in [0.2, 0.25) is 0 Å². The molecule has 1 saturated heterocycles. The smallest absolute Gasteiger partial charge is 0.303 e. The number of fused-ring (bicyclic) bond motifs is 5. The number of rotatable bonds is 21. The average molecular weight is 1820 g/mol. The van der Waals surface area contributed by atoms with Gasteiger partial charge in [-0.15, -0.1) is 0 Å². The van der Waals surface area contributed by atoms with E-state index in [9.17, 15) is 44.4 Å². The van der Waals surface area contributed by atoms with Crippen LogP contribution in [0.25, 0.3) is 22.1 Å². The van der Waals surface area contributed by atoms with Crippen molar-refractivity contribution in [1.82, 2.24) is 67.4 Å². The molecular formula is C93H121N15O19S2. The summed E-state index contributed by atoms with van der Waals surface area (Å²) in [5.41, 5.74) is 9.33. The summed E-state index contributed by atoms with van der Waals surface area (Å²) in [6.45, 7) is 10.8. The number of benzene rings is 2. The number of ketones is 4. The van der Waals surface area contributed by atoms with Gasteiger partial charge in [0.15, 0.2) is 23.1 Å². The molecule has 2 aromatic carbocycles. The van der Waals surface area contributed by atoms with Gasteiger partial charge in [0.2, 0.25) is 59.1 Å². The molecular weight excluding hydrogens is 1700 g/mol. The number of phenolic OH excluding ortho intramolecular Hbond substituents is 1. The molecule has 34 nitrogen and oxygen atoms in total. The zero-order valence-corrected chi connectivity index (χ0v) is 75.5. The van der Waals surface area contributed by atoms with Crippen molar-refractivity contribution in [2.24, 2.45) is 45.7 Å². The number of H-pyrrole nitrogens is 2. The Morgan fingerprint density at radius 1 is 0.612 bits per heavy atom. The van der Waals surface area contributed by atoms with Gasteiger partial charge in [0.05, 0.1) is 36.3 Å². The topological polar surface area (TPSA) is 532 Å². The molecule has 0 radical (unpaired) electrons. The Hall–Kier alpha value is -11.5. The SMILES string of the molecule is CCC[C@H](NC(C)=O)C(=O)C[C@H]1CSCc2cccc(c2)CSC[C@@H](C(N)=O)NC(=O)[C@H]([C@@H](C)O)NC(=O)[C@H](C2CCCCC2)CC(=O)[C@H](Cc2c[nH]c3ncccc23)NC(=O)[C@H](CC2=CN=CC2)NC(=O)[C@H](CCC(=O)O)NC(=O)[C@H](Cc2c[nH]c3ncccc23)CC(=O)[C@H]([C@@H](C)O)NC(=O)[C@H]2CCCN2C(=O)[C@H](Cc2ccc(O)cc2)CC(=O)[C@H](C(C)(C)C)NC1=O. The summed E-state index contributed by atoms with van der Waals surface area (Å²) in [7, 11) is 0. The number of pyridine rings is 2. The van der Waals surface area contributed by atoms with Crippen LogP contribution in [0.5, 0.6) is 5.75 Å². The maximum absolute atomic E-state index is 15.6. The molecule has 1 saturated carbocycles. The first-order chi connectivity index (χ1) is 61.5. The van der Waals surface area contributed by atoms with Crippen LogP contribution in [0.4, 0.5) is 0 Å². The molecule has 129 heavy (non-hydrogen) atoms. The zero-order chi connectivity index (χ0) is 93.3. The maximum atomic E-state index is 15.6. The molecule has 7 heterocycles. The van der Waals surface area contributed by atoms with Crippen molar-refractivity contribution in [3.05, 3.63) is 137 Å². The average Bonchev–Trinajstić information content (AvgIpc) is 1.69. The number of aliphatic hydroxyl groups is 2. The van der Waals surface area contributed by atoms with Gasteiger partial charge >= 0.3 is 5.97 Å². The minimum atomic E-state index is -1.77. The maximum Gasteiger partial charge on any atom is 0.303 e. The third-order valence-corrected chi connectivity index (χ3v) is 26.5. The number of Topliss-reactive ketones (excluding diaryl/α,β-unsaturated/α-hetero) is 4. The van der Waals surface area contributed by atoms with Gasteiger partial charge in [-0.1, -0.05) is 89.8 Å². The van der Waals surface area contributed by atoms with Crippen LogP contribution >= 0.6 is 23.5 Å². The molecule has 36 heteroatoms. The van der Waals surface area contributed by atoms with E-state index in [4.69, 9.17) is 5.73 Å². The summed E-state index contributed by atoms with van der Waals surface area (Å²) in [4.78, 5) is 241. The predicted molar refractivity (Wildman–Crippen MR) is 485 cm³/mol. The lowest BCUT2D eigenvalue weighted by molar-refractivity contribution is -0.144. The number of aliphatic carboxylic acids is 1. The van der Waals surface area contributed by atoms with Crippen molar-refractivity contribution in [2.45, 2.75) is 255 Å². The van der Waals surface area contributed by atoms with Crippen molar-refractivity contribution in [3.63, 3.8) is 0 Å². The van der Waals surface area contributed by atoms with Crippen molar-refractivity contribution < 1.29 is 92.3 Å². The van der Waals surface area contributed by atoms with Crippen LogP contribution < -0.4 is 48.3 Å². The summed E-state index contributed by atoms with van der Waals surface area (Å²) in [5.74, 6) is -17.3. The van der Waals surface area contributed by atoms with Gasteiger partial charge in [-0.25, -0.2) is 9.97 Å². The number of aromatic hydroxyl groups is 1. The molecule has 16 N–H and O–H groups in total. The van der Waals surface area contributed by atoms with Crippen LogP contribution in [0.15, 0.2) is 114 Å². The number of carboxylic acids is 1. The van der Waals surface area contributed by atoms with Crippen molar-refractivity contribution in [3.8, 4) is 5.75 Å². The number of amides is 10. The molecule has 2 fully saturated rings. The predicted octanol–water partition coefficient (Wildman–Crippen LogP) is 5.83. The molecule has 15 atom stereocenters. The number of hydrogen-bond donors (Lipinski definition) is 15. The number of aromatic amines is 2. The second-order valence-corrected chi connectivity index (χ2v) is 37.5. The van der Waals surface area contributed by atoms with Gasteiger partial charge in [-0.05, 0) is 153 Å². The number of nitrogens with zero attached hydrogens (tertiary/aromatic N) is 4. The Kier molecular flexibility index (Phi) is 36.4. The monoisotopic (exact) mass is 1820 g/mol. The van der Waals surface area contributed by atoms with Crippen LogP contribution in [0.1, 0.15) is 185 Å². The first-order valence-corrected chi connectivity index (χ1v) is 46.5. The van der Waals surface area contributed by atoms with Crippen LogP contribution in [-0.4, -0.2) is 224 Å². The number of carboxylic acid groups (broad SMARTS) is 1. The third kappa shape index (κ3) is 28.5. The Balaban J connectivity index is 1.01. The van der Waals surface area contributed by atoms with E-state index in [0.717, 1.165) is 17.5 Å². The summed E-state index contributed by atoms with van der Waals surface area (Å²) in [6.07, 6.45) is 6.21. The van der Waals surface area contributed by atoms with E-state index in [-0.39, 0.29) is 87.3 Å². The first-order valence-electron chi connectivity index (χ1n) is 44.2. The van der Waals surface area contributed by atoms with E-state index in [0.29, 0.717) is 82.2 Å². The summed E-state index contributed by atoms with van der Waals surface area (Å²) in [6, 6.07) is 6.92. The number of nitrogens with one attached hydrogen (secondary N) is 10. The Bertz CT molecular complexity index is 5100. The van der Waals surface area contributed by atoms with Gasteiger partial charge in [0, 0.05) is 147 Å². The summed E-state index contributed by atoms with van der Waals surface area (Å²) in [5, 5.41) is 66.6. The largest absolute Gasteiger partial charge is 0.508 e. The van der Waals surface area contributed by atoms with E-state index < -0.39 is 222 Å². The molecule has 10 amide bonds. The molecule has 694 valence electrons. The molecule has 6 aromatic rings. The van der Waals surface area contributed by atoms with Crippen LogP contribution in [0, 0.1) is 35.0 Å². The Morgan fingerprint density at radius 2 is 1.22 bits per heavy atom. The lowest BCUT2D eigenvalue weighted by Gasteiger charge is -2.34. The van der Waals surface area contributed by atoms with E-state index >= 15 is 47.9 Å². The molecule has 3 aliphatic heterocycles. The standard InChI is InChI=1S/C93H121N15O19S2/c1-8-16-68(100-53(4)111)74(113)42-63-49-128-47-56-17-12-18-57(35-56)48-129-50-72(82(94)119)104-91(126)80(52(3)110)106-87(122)67(58-19-10-9-11-20-58)43-75(114)70(39-62-46-99-84-66(62)22-14-32-97-84)102-89(124)71(37-55-30-33-95-44-55)103-88(123)69(28-29-78(117)118)101-85(120)59(38-61-45-98-83-65(61)21-13-31-96-83)40-76(115)79(51(2)109)105-90(125)73-23-15-34-108(73)92(127)60(36-54-24-26-64(112)27-25-54)41-77(116)81(93(5,6)7)107-86(63)121/h12-14,17-18,21-22,24-27,31-33,35,44-46,51-52,58-60,63,67-73,79-81,109-110,112H,8-11,15-16,19-20,23,28-30,34,36-43,47-50H2,1-7H3,(H2,94,119)(H,96,98)(H,97,99)(H,100,111)(H,101,120)(H,102,124)(H,103,123)(H,104,126)(H,105,125)(H,106,122)(H,107,121)(H,117,118)/t51-,52-,59-,60-,63+,67+,68+,69+,70+,71+,72+,73-,79+,80+,81-/m1/s1. The van der Waals surface area contributed by atoms with E-state index in [1.54, 1.807) is 82.0 Å². The highest BCUT2D eigenvalue weighted by atomic mass is 32.2. The lowest BCUT2D eigenvalue weighted by atomic mass is 9.76. The fourth-order valence-electron chi connectivity index (χ4n) is 17.3. The minimum absolute atomic E-state index is 0.00893. The number of thioether (sulfide) groups is 2. The fourth-order valence-corrected chi connectivity index (χ4v) is 19.4. The number of nitrogens with two attached hydrogens (primary N) is 1. The van der Waals surface area contributed by atoms with Gasteiger partial charge in [0.25, 0.3) is 0 Å². The van der Waals surface area contributed by atoms with E-state index in [1.165, 1.54) is 73.7 Å². The first kappa shape index (κ1) is 99.7. The highest BCUT2D eigenvalue weighted by Gasteiger charge is 2.45. The highest BCUT2D eigenvalue weighted by Crippen LogP contribution is 2.36. The Morgan fingerprint density at radius 3 is 1.82 bits per heavy atom. The third-order valence-electron chi connectivity index (χ3n) is 24.2. The van der Waals surface area contributed by atoms with Crippen LogP contribution in [-0.2, 0) is 103 Å². The summed E-state index contributed by atoms with van der Waals surface area (Å²) < 4.78 is 0. The fraction of sp³-hybridized carbons (Fsp3) is 0.527. The number of aromatic nitrogens is 4. The minimum Gasteiger partial charge on any atom is -0.508 e. The molecule has 2 bridgehead atoms. The number of primary amides is 1. The number of carbonyl (C=O) groups is 15. The van der Waals surface area contributed by atoms with Crippen molar-refractivity contribution in [1.29, 1.82) is 0 Å². The van der Waals surface area contributed by atoms with E-state index in [1.807, 2.05) is 31.2 Å². The normalized spacial score (nSPS) is 24.9. The number of hydrogen-bond acceptors (Lipinski definition) is 23. The lowest BCUT2D eigenvalue weighted by Crippen LogP contribution is -2.58. The van der Waals surface area contributed by atoms with Gasteiger partial charge in [0.1, 0.15) is 53.3 Å². The van der Waals surface area contributed by atoms with Gasteiger partial charge < -0.3 is 83.6 Å². The Labute approximate surface area is 757 Å². The van der Waals surface area contributed by atoms with Gasteiger partial charge in [-0.2, -0.15) is 23.5 Å². The zero-order valence-electron chi connectivity index (χ0n) is 73.9. The number of aliphatic imine (C=N–C) groups is 1. The second kappa shape index (κ2) is 47.2. The molecule has 4 aliphatic rings. The molecule has 0 spiro atoms. The highest BCUT2D eigenvalue weighted by molar-refractivity contribution is 7.98. The van der Waals surface area contributed by atoms with Crippen LogP contribution in [0.3, 0.4) is 0 Å². The van der Waals surface area contributed by atoms with Crippen molar-refractivity contribution in [2.75, 3.05) is 18.1 Å². The quantitative estimate of drug-likeness (QED) is 0.0403.